The number of rotatable bonds is 8. The fourth-order valence-electron chi connectivity index (χ4n) is 4.14. The van der Waals surface area contributed by atoms with E-state index in [1.54, 1.807) is 18.2 Å². The Balaban J connectivity index is 1.51. The van der Waals surface area contributed by atoms with Crippen LogP contribution in [0.4, 0.5) is 5.69 Å². The van der Waals surface area contributed by atoms with Crippen LogP contribution in [0.1, 0.15) is 29.7 Å². The van der Waals surface area contributed by atoms with Crippen molar-refractivity contribution in [3.05, 3.63) is 88.4 Å². The second-order valence-corrected chi connectivity index (χ2v) is 10.1. The van der Waals surface area contributed by atoms with Crippen molar-refractivity contribution in [2.24, 2.45) is 0 Å². The molecule has 0 aromatic heterocycles. The van der Waals surface area contributed by atoms with Crippen molar-refractivity contribution in [2.45, 2.75) is 48.8 Å². The summed E-state index contributed by atoms with van der Waals surface area (Å²) in [5, 5.41) is 32.5. The van der Waals surface area contributed by atoms with E-state index in [4.69, 9.17) is 26.8 Å². The molecule has 6 nitrogen and oxygen atoms in total. The number of anilines is 1. The number of thioether (sulfide) groups is 1. The van der Waals surface area contributed by atoms with Crippen molar-refractivity contribution in [1.82, 2.24) is 0 Å². The van der Waals surface area contributed by atoms with Gasteiger partial charge < -0.3 is 30.5 Å². The third kappa shape index (κ3) is 6.30. The van der Waals surface area contributed by atoms with Gasteiger partial charge in [0.25, 0.3) is 0 Å². The molecule has 5 atom stereocenters. The van der Waals surface area contributed by atoms with E-state index in [0.717, 1.165) is 21.8 Å². The number of ether oxygens (including phenoxy) is 2. The minimum atomic E-state index is -1.34. The standard InChI is InChI=1S/C27H30ClNO5S/c1-2-33-20-9-6-16(7-10-20)12-18-13-17(8-11-22(18)28)27-26(32)25(31)24(30)23(34-27)15-35-21-5-3-4-19(29)14-21/h3-11,13-14,23-27,30-32H,2,12,15,29H2,1H3/t23-,24-,25+,26-,27+/m1/s1. The van der Waals surface area contributed by atoms with Crippen molar-refractivity contribution >= 4 is 29.1 Å². The van der Waals surface area contributed by atoms with E-state index in [9.17, 15) is 15.3 Å². The van der Waals surface area contributed by atoms with Crippen molar-refractivity contribution in [1.29, 1.82) is 0 Å². The van der Waals surface area contributed by atoms with Crippen LogP contribution in [0.2, 0.25) is 5.02 Å². The summed E-state index contributed by atoms with van der Waals surface area (Å²) >= 11 is 7.95. The second kappa shape index (κ2) is 11.6. The Labute approximate surface area is 214 Å². The molecule has 186 valence electrons. The number of nitrogen functional groups attached to an aromatic ring is 1. The van der Waals surface area contributed by atoms with Crippen LogP contribution >= 0.6 is 23.4 Å². The van der Waals surface area contributed by atoms with Gasteiger partial charge in [0.2, 0.25) is 0 Å². The van der Waals surface area contributed by atoms with Crippen LogP contribution in [0, 0.1) is 0 Å². The summed E-state index contributed by atoms with van der Waals surface area (Å²) in [5.74, 6) is 1.20. The average molecular weight is 516 g/mol. The molecule has 1 aliphatic heterocycles. The zero-order valence-corrected chi connectivity index (χ0v) is 21.0. The van der Waals surface area contributed by atoms with E-state index in [0.29, 0.717) is 35.1 Å². The Bertz CT molecular complexity index is 1130. The molecule has 0 aliphatic carbocycles. The highest BCUT2D eigenvalue weighted by Gasteiger charge is 2.44. The monoisotopic (exact) mass is 515 g/mol. The van der Waals surface area contributed by atoms with Gasteiger partial charge in [0.15, 0.2) is 0 Å². The van der Waals surface area contributed by atoms with Gasteiger partial charge in [-0.3, -0.25) is 0 Å². The van der Waals surface area contributed by atoms with Crippen molar-refractivity contribution in [2.75, 3.05) is 18.1 Å². The molecule has 0 unspecified atom stereocenters. The fraction of sp³-hybridized carbons (Fsp3) is 0.333. The minimum Gasteiger partial charge on any atom is -0.494 e. The molecule has 4 rings (SSSR count). The maximum Gasteiger partial charge on any atom is 0.119 e. The summed E-state index contributed by atoms with van der Waals surface area (Å²) in [6.45, 7) is 2.55. The fourth-order valence-corrected chi connectivity index (χ4v) is 5.35. The highest BCUT2D eigenvalue weighted by atomic mass is 35.5. The van der Waals surface area contributed by atoms with Crippen LogP contribution in [-0.2, 0) is 11.2 Å². The van der Waals surface area contributed by atoms with E-state index in [1.807, 2.05) is 55.5 Å². The lowest BCUT2D eigenvalue weighted by Gasteiger charge is -2.41. The molecule has 35 heavy (non-hydrogen) atoms. The summed E-state index contributed by atoms with van der Waals surface area (Å²) in [6, 6.07) is 20.7. The van der Waals surface area contributed by atoms with Gasteiger partial charge >= 0.3 is 0 Å². The molecular weight excluding hydrogens is 486 g/mol. The lowest BCUT2D eigenvalue weighted by Crippen LogP contribution is -2.54. The number of halogens is 1. The van der Waals surface area contributed by atoms with Crippen LogP contribution in [-0.4, -0.2) is 52.1 Å². The SMILES string of the molecule is CCOc1ccc(Cc2cc([C@@H]3O[C@H](CSc4cccc(N)c4)[C@@H](O)[C@H](O)[C@H]3O)ccc2Cl)cc1. The largest absolute Gasteiger partial charge is 0.494 e. The van der Waals surface area contributed by atoms with E-state index in [-0.39, 0.29) is 0 Å². The third-order valence-electron chi connectivity index (χ3n) is 6.01. The Kier molecular flexibility index (Phi) is 8.59. The molecule has 1 fully saturated rings. The summed E-state index contributed by atoms with van der Waals surface area (Å²) in [4.78, 5) is 0.932. The summed E-state index contributed by atoms with van der Waals surface area (Å²) in [5.41, 5.74) is 9.12. The Morgan fingerprint density at radius 1 is 0.971 bits per heavy atom. The quantitative estimate of drug-likeness (QED) is 0.263. The normalized spacial score (nSPS) is 24.3. The van der Waals surface area contributed by atoms with Crippen LogP contribution in [0.15, 0.2) is 71.6 Å². The Hall–Kier alpha value is -2.26. The van der Waals surface area contributed by atoms with E-state index in [2.05, 4.69) is 0 Å². The molecule has 0 radical (unpaired) electrons. The zero-order chi connectivity index (χ0) is 24.9. The highest BCUT2D eigenvalue weighted by Crippen LogP contribution is 2.36. The number of aliphatic hydroxyl groups excluding tert-OH is 3. The summed E-state index contributed by atoms with van der Waals surface area (Å²) < 4.78 is 11.6. The van der Waals surface area contributed by atoms with Gasteiger partial charge in [-0.15, -0.1) is 11.8 Å². The predicted octanol–water partition coefficient (Wildman–Crippen LogP) is 4.23. The molecule has 8 heteroatoms. The molecule has 3 aromatic carbocycles. The van der Waals surface area contributed by atoms with E-state index < -0.39 is 30.5 Å². The van der Waals surface area contributed by atoms with Gasteiger partial charge in [0.1, 0.15) is 30.2 Å². The molecule has 0 spiro atoms. The van der Waals surface area contributed by atoms with Crippen molar-refractivity contribution < 1.29 is 24.8 Å². The molecule has 1 aliphatic rings. The lowest BCUT2D eigenvalue weighted by atomic mass is 9.90. The molecular formula is C27H30ClNO5S. The van der Waals surface area contributed by atoms with Crippen LogP contribution in [0.5, 0.6) is 5.75 Å². The van der Waals surface area contributed by atoms with E-state index in [1.165, 1.54) is 11.8 Å². The molecule has 1 saturated heterocycles. The molecule has 0 bridgehead atoms. The maximum atomic E-state index is 10.7. The predicted molar refractivity (Wildman–Crippen MR) is 139 cm³/mol. The first-order valence-corrected chi connectivity index (χ1v) is 12.9. The first-order chi connectivity index (χ1) is 16.9. The first kappa shape index (κ1) is 25.8. The topological polar surface area (TPSA) is 105 Å². The van der Waals surface area contributed by atoms with Gasteiger partial charge in [0, 0.05) is 21.4 Å². The average Bonchev–Trinajstić information content (AvgIpc) is 2.85. The highest BCUT2D eigenvalue weighted by molar-refractivity contribution is 7.99. The number of hydrogen-bond donors (Lipinski definition) is 4. The summed E-state index contributed by atoms with van der Waals surface area (Å²) in [6.07, 6.45) is -4.75. The number of benzene rings is 3. The van der Waals surface area contributed by atoms with Gasteiger partial charge in [-0.2, -0.15) is 0 Å². The smallest absolute Gasteiger partial charge is 0.119 e. The van der Waals surface area contributed by atoms with Crippen LogP contribution < -0.4 is 10.5 Å². The molecule has 5 N–H and O–H groups in total. The summed E-state index contributed by atoms with van der Waals surface area (Å²) in [7, 11) is 0. The third-order valence-corrected chi connectivity index (χ3v) is 7.46. The molecule has 1 heterocycles. The maximum absolute atomic E-state index is 10.7. The molecule has 0 amide bonds. The lowest BCUT2D eigenvalue weighted by molar-refractivity contribution is -0.218. The van der Waals surface area contributed by atoms with Gasteiger partial charge in [-0.05, 0) is 66.4 Å². The van der Waals surface area contributed by atoms with Gasteiger partial charge in [-0.25, -0.2) is 0 Å². The van der Waals surface area contributed by atoms with Crippen LogP contribution in [0.3, 0.4) is 0 Å². The number of aliphatic hydroxyl groups is 3. The number of hydrogen-bond acceptors (Lipinski definition) is 7. The Morgan fingerprint density at radius 3 is 2.46 bits per heavy atom. The van der Waals surface area contributed by atoms with E-state index >= 15 is 0 Å². The molecule has 3 aromatic rings. The Morgan fingerprint density at radius 2 is 1.74 bits per heavy atom. The van der Waals surface area contributed by atoms with Crippen molar-refractivity contribution in [3.63, 3.8) is 0 Å². The zero-order valence-electron chi connectivity index (χ0n) is 19.4. The number of nitrogens with two attached hydrogens (primary N) is 1. The molecule has 0 saturated carbocycles. The second-order valence-electron chi connectivity index (χ2n) is 8.55. The van der Waals surface area contributed by atoms with Gasteiger partial charge in [0.05, 0.1) is 12.7 Å². The minimum absolute atomic E-state index is 0.386. The van der Waals surface area contributed by atoms with Crippen LogP contribution in [0.25, 0.3) is 0 Å². The van der Waals surface area contributed by atoms with Gasteiger partial charge in [-0.1, -0.05) is 41.9 Å². The van der Waals surface area contributed by atoms with Crippen molar-refractivity contribution in [3.8, 4) is 5.75 Å². The first-order valence-electron chi connectivity index (χ1n) is 11.5.